The maximum atomic E-state index is 11.0. The van der Waals surface area contributed by atoms with Gasteiger partial charge in [0, 0.05) is 6.92 Å². The van der Waals surface area contributed by atoms with Gasteiger partial charge in [-0.15, -0.1) is 10.1 Å². The molecule has 0 amide bonds. The van der Waals surface area contributed by atoms with Gasteiger partial charge in [-0.3, -0.25) is 4.79 Å². The van der Waals surface area contributed by atoms with E-state index in [0.717, 1.165) is 0 Å². The molecule has 0 spiro atoms. The van der Waals surface area contributed by atoms with E-state index in [2.05, 4.69) is 9.57 Å². The molecule has 1 N–H and O–H groups in total. The fourth-order valence-corrected chi connectivity index (χ4v) is 1.78. The van der Waals surface area contributed by atoms with E-state index < -0.39 is 17.0 Å². The van der Waals surface area contributed by atoms with E-state index in [9.17, 15) is 24.5 Å². The van der Waals surface area contributed by atoms with Crippen molar-refractivity contribution in [3.05, 3.63) is 75.8 Å². The molecular formula is C20H23NO9. The van der Waals surface area contributed by atoms with E-state index >= 15 is 0 Å². The number of para-hydroxylation sites is 1. The number of nitrogens with zero attached hydrogens (tertiary/aromatic N) is 1. The molecule has 10 heteroatoms. The zero-order chi connectivity index (χ0) is 22.9. The molecule has 0 bridgehead atoms. The summed E-state index contributed by atoms with van der Waals surface area (Å²) in [6.07, 6.45) is 0. The van der Waals surface area contributed by atoms with Crippen LogP contribution in [-0.2, 0) is 14.4 Å². The molecule has 0 fully saturated rings. The average molecular weight is 421 g/mol. The van der Waals surface area contributed by atoms with Gasteiger partial charge in [-0.2, -0.15) is 0 Å². The van der Waals surface area contributed by atoms with Crippen LogP contribution in [0.1, 0.15) is 41.5 Å². The van der Waals surface area contributed by atoms with Crippen molar-refractivity contribution in [1.29, 1.82) is 0 Å². The summed E-state index contributed by atoms with van der Waals surface area (Å²) >= 11 is 0. The van der Waals surface area contributed by atoms with Crippen LogP contribution in [0.25, 0.3) is 0 Å². The zero-order valence-corrected chi connectivity index (χ0v) is 16.8. The fraction of sp³-hybridized carbons (Fsp3) is 0.250. The van der Waals surface area contributed by atoms with Crippen LogP contribution < -0.4 is 4.74 Å². The molecule has 0 saturated carbocycles. The van der Waals surface area contributed by atoms with Gasteiger partial charge in [0.25, 0.3) is 5.09 Å². The summed E-state index contributed by atoms with van der Waals surface area (Å²) in [5, 5.41) is 17.1. The number of carbonyl (C=O) groups is 3. The van der Waals surface area contributed by atoms with Crippen molar-refractivity contribution < 1.29 is 38.9 Å². The van der Waals surface area contributed by atoms with Crippen LogP contribution in [-0.4, -0.2) is 41.3 Å². The van der Waals surface area contributed by atoms with Gasteiger partial charge in [0.05, 0.1) is 18.8 Å². The molecule has 0 saturated heterocycles. The quantitative estimate of drug-likeness (QED) is 0.321. The minimum atomic E-state index is -1.11. The first-order valence-corrected chi connectivity index (χ1v) is 8.73. The first kappa shape index (κ1) is 26.1. The summed E-state index contributed by atoms with van der Waals surface area (Å²) in [6.45, 7) is 5.13. The summed E-state index contributed by atoms with van der Waals surface area (Å²) in [6, 6.07) is 14.9. The third-order valence-corrected chi connectivity index (χ3v) is 2.89. The lowest BCUT2D eigenvalue weighted by Gasteiger charge is -2.03. The van der Waals surface area contributed by atoms with Gasteiger partial charge < -0.3 is 19.4 Å². The zero-order valence-electron chi connectivity index (χ0n) is 16.8. The summed E-state index contributed by atoms with van der Waals surface area (Å²) in [4.78, 5) is 45.2. The summed E-state index contributed by atoms with van der Waals surface area (Å²) < 4.78 is 9.48. The molecule has 30 heavy (non-hydrogen) atoms. The molecule has 0 aliphatic heterocycles. The monoisotopic (exact) mass is 421 g/mol. The van der Waals surface area contributed by atoms with Crippen LogP contribution in [0.15, 0.2) is 54.6 Å². The van der Waals surface area contributed by atoms with E-state index in [1.165, 1.54) is 19.1 Å². The van der Waals surface area contributed by atoms with Crippen LogP contribution in [0.3, 0.4) is 0 Å². The van der Waals surface area contributed by atoms with Crippen molar-refractivity contribution in [2.45, 2.75) is 20.8 Å². The molecule has 2 aromatic rings. The summed E-state index contributed by atoms with van der Waals surface area (Å²) in [7, 11) is 0. The highest BCUT2D eigenvalue weighted by molar-refractivity contribution is 5.91. The number of rotatable bonds is 6. The molecule has 0 unspecified atom stereocenters. The van der Waals surface area contributed by atoms with E-state index in [-0.39, 0.29) is 23.9 Å². The van der Waals surface area contributed by atoms with E-state index in [1.54, 1.807) is 38.1 Å². The van der Waals surface area contributed by atoms with Gasteiger partial charge in [0.15, 0.2) is 0 Å². The second-order valence-corrected chi connectivity index (χ2v) is 5.12. The number of ether oxygens (including phenoxy) is 2. The SMILES string of the molecule is CC(=O)Oc1ccccc1C(=O)O.CCOC(=O)c1ccccc1.CCO[N+](=O)[O-]. The Morgan fingerprint density at radius 2 is 1.53 bits per heavy atom. The summed E-state index contributed by atoms with van der Waals surface area (Å²) in [5.41, 5.74) is 0.590. The second-order valence-electron chi connectivity index (χ2n) is 5.12. The average Bonchev–Trinajstić information content (AvgIpc) is 2.69. The number of benzene rings is 2. The first-order valence-electron chi connectivity index (χ1n) is 8.73. The van der Waals surface area contributed by atoms with Gasteiger partial charge in [-0.1, -0.05) is 30.3 Å². The Morgan fingerprint density at radius 3 is 1.97 bits per heavy atom. The highest BCUT2D eigenvalue weighted by atomic mass is 16.9. The molecule has 162 valence electrons. The predicted molar refractivity (Wildman–Crippen MR) is 106 cm³/mol. The van der Waals surface area contributed by atoms with Crippen LogP contribution in [0.5, 0.6) is 5.75 Å². The molecule has 10 nitrogen and oxygen atoms in total. The molecule has 0 radical (unpaired) electrons. The van der Waals surface area contributed by atoms with E-state index in [1.807, 2.05) is 18.2 Å². The minimum Gasteiger partial charge on any atom is -0.478 e. The Morgan fingerprint density at radius 1 is 0.967 bits per heavy atom. The van der Waals surface area contributed by atoms with Crippen molar-refractivity contribution in [1.82, 2.24) is 0 Å². The van der Waals surface area contributed by atoms with Gasteiger partial charge in [-0.25, -0.2) is 9.59 Å². The van der Waals surface area contributed by atoms with Crippen molar-refractivity contribution in [2.24, 2.45) is 0 Å². The molecular weight excluding hydrogens is 398 g/mol. The number of hydrogen-bond donors (Lipinski definition) is 1. The van der Waals surface area contributed by atoms with Gasteiger partial charge in [0.1, 0.15) is 11.3 Å². The lowest BCUT2D eigenvalue weighted by Crippen LogP contribution is -2.06. The van der Waals surface area contributed by atoms with Crippen LogP contribution in [0, 0.1) is 10.1 Å². The third kappa shape index (κ3) is 11.7. The Hall–Kier alpha value is -3.95. The van der Waals surface area contributed by atoms with Crippen molar-refractivity contribution in [3.63, 3.8) is 0 Å². The van der Waals surface area contributed by atoms with Crippen molar-refractivity contribution in [2.75, 3.05) is 13.2 Å². The number of aromatic carboxylic acids is 1. The fourth-order valence-electron chi connectivity index (χ4n) is 1.78. The van der Waals surface area contributed by atoms with Crippen LogP contribution in [0.4, 0.5) is 0 Å². The van der Waals surface area contributed by atoms with E-state index in [4.69, 9.17) is 9.84 Å². The molecule has 2 rings (SSSR count). The molecule has 0 atom stereocenters. The highest BCUT2D eigenvalue weighted by Gasteiger charge is 2.11. The lowest BCUT2D eigenvalue weighted by molar-refractivity contribution is -0.756. The molecule has 0 heterocycles. The predicted octanol–water partition coefficient (Wildman–Crippen LogP) is 3.39. The third-order valence-electron chi connectivity index (χ3n) is 2.89. The maximum Gasteiger partial charge on any atom is 0.339 e. The molecule has 2 aromatic carbocycles. The van der Waals surface area contributed by atoms with E-state index in [0.29, 0.717) is 12.2 Å². The molecule has 0 aliphatic rings. The lowest BCUT2D eigenvalue weighted by atomic mass is 10.2. The normalized spacial score (nSPS) is 8.90. The van der Waals surface area contributed by atoms with Gasteiger partial charge in [-0.05, 0) is 38.1 Å². The molecule has 0 aliphatic carbocycles. The topological polar surface area (TPSA) is 142 Å². The maximum absolute atomic E-state index is 11.0. The highest BCUT2D eigenvalue weighted by Crippen LogP contribution is 2.17. The number of carbonyl (C=O) groups excluding carboxylic acids is 2. The van der Waals surface area contributed by atoms with Gasteiger partial charge >= 0.3 is 17.9 Å². The Kier molecular flexibility index (Phi) is 13.0. The standard InChI is InChI=1S/C9H8O4.C9H10O2.C2H5NO3/c1-6(10)13-8-5-3-2-4-7(8)9(11)12;1-2-11-9(10)8-6-4-3-5-7-8;1-2-6-3(4)5/h2-5H,1H3,(H,11,12);3-7H,2H2,1H3;2H2,1H3. The van der Waals surface area contributed by atoms with Crippen molar-refractivity contribution in [3.8, 4) is 5.75 Å². The Labute approximate surface area is 173 Å². The number of carboxylic acid groups (broad SMARTS) is 1. The van der Waals surface area contributed by atoms with Crippen LogP contribution in [0.2, 0.25) is 0 Å². The van der Waals surface area contributed by atoms with Crippen molar-refractivity contribution >= 4 is 17.9 Å². The molecule has 0 aromatic heterocycles. The Bertz CT molecular complexity index is 822. The second kappa shape index (κ2) is 15.0. The smallest absolute Gasteiger partial charge is 0.339 e. The Balaban J connectivity index is 0.000000450. The first-order chi connectivity index (χ1) is 14.2. The number of esters is 2. The van der Waals surface area contributed by atoms with Gasteiger partial charge in [0.2, 0.25) is 0 Å². The van der Waals surface area contributed by atoms with Crippen LogP contribution >= 0.6 is 0 Å². The minimum absolute atomic E-state index is 0.0160. The largest absolute Gasteiger partial charge is 0.478 e. The number of hydrogen-bond acceptors (Lipinski definition) is 8. The summed E-state index contributed by atoms with van der Waals surface area (Å²) in [5.74, 6) is -1.83. The number of carboxylic acids is 1.